The Kier molecular flexibility index (Phi) is 6.20. The van der Waals surface area contributed by atoms with Crippen molar-refractivity contribution in [1.82, 2.24) is 19.4 Å². The molecule has 0 aliphatic carbocycles. The standard InChI is InChI=1S/C22H27ClN6O/c1-26(2)9-3-10-28-11-8-20-19(21(28)30)16-24-22(25-20)29-14-12-27(13-15-29)18-6-4-17(23)5-7-18/h4-8,11,16H,3,9-10,12-15H2,1-2H3. The van der Waals surface area contributed by atoms with Crippen LogP contribution >= 0.6 is 11.6 Å². The third kappa shape index (κ3) is 4.57. The highest BCUT2D eigenvalue weighted by Gasteiger charge is 2.20. The molecule has 1 fully saturated rings. The molecule has 0 radical (unpaired) electrons. The molecule has 0 amide bonds. The van der Waals surface area contributed by atoms with Gasteiger partial charge < -0.3 is 19.3 Å². The normalized spacial score (nSPS) is 14.7. The van der Waals surface area contributed by atoms with E-state index in [2.05, 4.69) is 24.7 Å². The summed E-state index contributed by atoms with van der Waals surface area (Å²) in [5.41, 5.74) is 1.85. The fourth-order valence-corrected chi connectivity index (χ4v) is 3.89. The maximum absolute atomic E-state index is 12.8. The molecule has 0 unspecified atom stereocenters. The number of aromatic nitrogens is 3. The molecule has 0 saturated carbocycles. The number of nitrogens with zero attached hydrogens (tertiary/aromatic N) is 6. The van der Waals surface area contributed by atoms with E-state index < -0.39 is 0 Å². The van der Waals surface area contributed by atoms with Gasteiger partial charge in [0.05, 0.1) is 10.9 Å². The van der Waals surface area contributed by atoms with Crippen LogP contribution in [0.4, 0.5) is 11.6 Å². The maximum Gasteiger partial charge on any atom is 0.261 e. The summed E-state index contributed by atoms with van der Waals surface area (Å²) in [6.45, 7) is 5.07. The number of hydrogen-bond donors (Lipinski definition) is 0. The zero-order valence-corrected chi connectivity index (χ0v) is 18.2. The van der Waals surface area contributed by atoms with Crippen molar-refractivity contribution in [2.45, 2.75) is 13.0 Å². The maximum atomic E-state index is 12.8. The largest absolute Gasteiger partial charge is 0.368 e. The summed E-state index contributed by atoms with van der Waals surface area (Å²) in [5, 5.41) is 1.32. The summed E-state index contributed by atoms with van der Waals surface area (Å²) in [5.74, 6) is 0.683. The highest BCUT2D eigenvalue weighted by molar-refractivity contribution is 6.30. The zero-order chi connectivity index (χ0) is 21.1. The molecule has 1 aliphatic rings. The molecule has 0 spiro atoms. The topological polar surface area (TPSA) is 57.5 Å². The van der Waals surface area contributed by atoms with Crippen molar-refractivity contribution in [3.05, 3.63) is 58.1 Å². The van der Waals surface area contributed by atoms with E-state index in [0.717, 1.165) is 44.2 Å². The Labute approximate surface area is 181 Å². The monoisotopic (exact) mass is 426 g/mol. The fourth-order valence-electron chi connectivity index (χ4n) is 3.76. The van der Waals surface area contributed by atoms with Gasteiger partial charge in [-0.15, -0.1) is 0 Å². The first-order chi connectivity index (χ1) is 14.5. The van der Waals surface area contributed by atoms with Crippen molar-refractivity contribution in [3.63, 3.8) is 0 Å². The number of rotatable bonds is 6. The molecule has 1 saturated heterocycles. The summed E-state index contributed by atoms with van der Waals surface area (Å²) in [6, 6.07) is 9.86. The number of fused-ring (bicyclic) bond motifs is 1. The molecule has 0 bridgehead atoms. The number of aryl methyl sites for hydroxylation is 1. The molecule has 1 aromatic carbocycles. The predicted octanol–water partition coefficient (Wildman–Crippen LogP) is 2.72. The molecule has 2 aromatic heterocycles. The summed E-state index contributed by atoms with van der Waals surface area (Å²) >= 11 is 5.99. The van der Waals surface area contributed by atoms with Gasteiger partial charge in [0.2, 0.25) is 5.95 Å². The minimum atomic E-state index is -0.0228. The lowest BCUT2D eigenvalue weighted by molar-refractivity contribution is 0.385. The number of hydrogen-bond acceptors (Lipinski definition) is 6. The molecule has 0 N–H and O–H groups in total. The van der Waals surface area contributed by atoms with Gasteiger partial charge in [0.1, 0.15) is 0 Å². The molecule has 3 heterocycles. The lowest BCUT2D eigenvalue weighted by Gasteiger charge is -2.36. The average Bonchev–Trinajstić information content (AvgIpc) is 2.75. The molecule has 8 heteroatoms. The molecular formula is C22H27ClN6O. The molecule has 7 nitrogen and oxygen atoms in total. The van der Waals surface area contributed by atoms with Gasteiger partial charge in [-0.2, -0.15) is 0 Å². The molecule has 158 valence electrons. The Morgan fingerprint density at radius 2 is 1.73 bits per heavy atom. The summed E-state index contributed by atoms with van der Waals surface area (Å²) in [6.07, 6.45) is 4.44. The summed E-state index contributed by atoms with van der Waals surface area (Å²) in [7, 11) is 4.07. The van der Waals surface area contributed by atoms with Gasteiger partial charge in [-0.3, -0.25) is 4.79 Å². The van der Waals surface area contributed by atoms with Crippen LogP contribution in [-0.4, -0.2) is 66.3 Å². The minimum absolute atomic E-state index is 0.0228. The van der Waals surface area contributed by atoms with Crippen molar-refractivity contribution in [3.8, 4) is 0 Å². The van der Waals surface area contributed by atoms with Gasteiger partial charge in [-0.25, -0.2) is 9.97 Å². The molecule has 3 aromatic rings. The first-order valence-electron chi connectivity index (χ1n) is 10.3. The second-order valence-electron chi connectivity index (χ2n) is 7.89. The van der Waals surface area contributed by atoms with Crippen LogP contribution in [0.3, 0.4) is 0 Å². The second kappa shape index (κ2) is 9.02. The predicted molar refractivity (Wildman–Crippen MR) is 123 cm³/mol. The summed E-state index contributed by atoms with van der Waals surface area (Å²) in [4.78, 5) is 28.6. The molecule has 30 heavy (non-hydrogen) atoms. The number of halogens is 1. The van der Waals surface area contributed by atoms with Crippen molar-refractivity contribution in [2.75, 3.05) is 56.6 Å². The van der Waals surface area contributed by atoms with E-state index in [1.807, 2.05) is 50.6 Å². The smallest absolute Gasteiger partial charge is 0.261 e. The Balaban J connectivity index is 1.45. The van der Waals surface area contributed by atoms with Gasteiger partial charge >= 0.3 is 0 Å². The first kappa shape index (κ1) is 20.6. The highest BCUT2D eigenvalue weighted by Crippen LogP contribution is 2.21. The van der Waals surface area contributed by atoms with E-state index in [-0.39, 0.29) is 5.56 Å². The lowest BCUT2D eigenvalue weighted by atomic mass is 10.2. The zero-order valence-electron chi connectivity index (χ0n) is 17.5. The summed E-state index contributed by atoms with van der Waals surface area (Å²) < 4.78 is 1.75. The number of benzene rings is 1. The van der Waals surface area contributed by atoms with Crippen LogP contribution < -0.4 is 15.4 Å². The fraction of sp³-hybridized carbons (Fsp3) is 0.409. The minimum Gasteiger partial charge on any atom is -0.368 e. The Morgan fingerprint density at radius 3 is 2.43 bits per heavy atom. The van der Waals surface area contributed by atoms with Gasteiger partial charge in [0.25, 0.3) is 5.56 Å². The van der Waals surface area contributed by atoms with Crippen molar-refractivity contribution in [1.29, 1.82) is 0 Å². The average molecular weight is 427 g/mol. The second-order valence-corrected chi connectivity index (χ2v) is 8.33. The van der Waals surface area contributed by atoms with Gasteiger partial charge in [0.15, 0.2) is 0 Å². The molecule has 0 atom stereocenters. The Hall–Kier alpha value is -2.64. The Bertz CT molecular complexity index is 1060. The van der Waals surface area contributed by atoms with Crippen LogP contribution in [0.15, 0.2) is 47.5 Å². The lowest BCUT2D eigenvalue weighted by Crippen LogP contribution is -2.47. The van der Waals surface area contributed by atoms with Crippen LogP contribution in [0.25, 0.3) is 10.9 Å². The quantitative estimate of drug-likeness (QED) is 0.604. The van der Waals surface area contributed by atoms with Crippen LogP contribution in [0.2, 0.25) is 5.02 Å². The third-order valence-electron chi connectivity index (χ3n) is 5.47. The van der Waals surface area contributed by atoms with Crippen molar-refractivity contribution < 1.29 is 0 Å². The molecule has 4 rings (SSSR count). The van der Waals surface area contributed by atoms with Crippen LogP contribution in [0.1, 0.15) is 6.42 Å². The van der Waals surface area contributed by atoms with Crippen molar-refractivity contribution >= 4 is 34.1 Å². The van der Waals surface area contributed by atoms with Gasteiger partial charge in [0, 0.05) is 55.8 Å². The molecule has 1 aliphatic heterocycles. The van der Waals surface area contributed by atoms with E-state index in [1.54, 1.807) is 10.8 Å². The number of anilines is 2. The van der Waals surface area contributed by atoms with Gasteiger partial charge in [-0.05, 0) is 57.4 Å². The van der Waals surface area contributed by atoms with E-state index in [4.69, 9.17) is 11.6 Å². The first-order valence-corrected chi connectivity index (χ1v) is 10.7. The number of piperazine rings is 1. The van der Waals surface area contributed by atoms with E-state index in [0.29, 0.717) is 23.4 Å². The molecular weight excluding hydrogens is 400 g/mol. The highest BCUT2D eigenvalue weighted by atomic mass is 35.5. The third-order valence-corrected chi connectivity index (χ3v) is 5.72. The van der Waals surface area contributed by atoms with Crippen LogP contribution in [0, 0.1) is 0 Å². The Morgan fingerprint density at radius 1 is 1.03 bits per heavy atom. The number of pyridine rings is 1. The van der Waals surface area contributed by atoms with Crippen LogP contribution in [0.5, 0.6) is 0 Å². The van der Waals surface area contributed by atoms with Crippen LogP contribution in [-0.2, 0) is 6.54 Å². The SMILES string of the molecule is CN(C)CCCn1ccc2nc(N3CCN(c4ccc(Cl)cc4)CC3)ncc2c1=O. The van der Waals surface area contributed by atoms with E-state index >= 15 is 0 Å². The van der Waals surface area contributed by atoms with Gasteiger partial charge in [-0.1, -0.05) is 11.6 Å². The van der Waals surface area contributed by atoms with Crippen molar-refractivity contribution in [2.24, 2.45) is 0 Å². The van der Waals surface area contributed by atoms with E-state index in [9.17, 15) is 4.79 Å². The van der Waals surface area contributed by atoms with E-state index in [1.165, 1.54) is 5.69 Å².